The van der Waals surface area contributed by atoms with E-state index in [2.05, 4.69) is 25.1 Å². The molecule has 166 valence electrons. The van der Waals surface area contributed by atoms with Gasteiger partial charge in [0.1, 0.15) is 5.82 Å². The summed E-state index contributed by atoms with van der Waals surface area (Å²) in [7, 11) is 0. The lowest BCUT2D eigenvalue weighted by atomic mass is 9.61. The second-order valence-electron chi connectivity index (χ2n) is 10.7. The quantitative estimate of drug-likeness (QED) is 0.395. The van der Waals surface area contributed by atoms with Gasteiger partial charge in [0.2, 0.25) is 0 Å². The third-order valence-corrected chi connectivity index (χ3v) is 8.85. The van der Waals surface area contributed by atoms with E-state index in [0.717, 1.165) is 54.4 Å². The zero-order chi connectivity index (χ0) is 20.9. The van der Waals surface area contributed by atoms with Crippen LogP contribution in [0.3, 0.4) is 0 Å². The fourth-order valence-electron chi connectivity index (χ4n) is 7.06. The van der Waals surface area contributed by atoms with E-state index in [4.69, 9.17) is 0 Å². The van der Waals surface area contributed by atoms with Crippen molar-refractivity contribution in [1.82, 2.24) is 0 Å². The highest BCUT2D eigenvalue weighted by Crippen LogP contribution is 2.49. The Bertz CT molecular complexity index is 717. The van der Waals surface area contributed by atoms with Crippen LogP contribution in [-0.2, 0) is 19.3 Å². The van der Waals surface area contributed by atoms with Crippen molar-refractivity contribution in [2.24, 2.45) is 29.6 Å². The Morgan fingerprint density at radius 3 is 2.50 bits per heavy atom. The van der Waals surface area contributed by atoms with Gasteiger partial charge in [0.25, 0.3) is 0 Å². The molecule has 0 heterocycles. The predicted molar refractivity (Wildman–Crippen MR) is 126 cm³/mol. The molecule has 2 saturated carbocycles. The van der Waals surface area contributed by atoms with Gasteiger partial charge in [-0.05, 0) is 123 Å². The summed E-state index contributed by atoms with van der Waals surface area (Å²) < 4.78 is 14.7. The van der Waals surface area contributed by atoms with E-state index in [1.807, 2.05) is 13.0 Å². The lowest BCUT2D eigenvalue weighted by molar-refractivity contribution is 0.0691. The van der Waals surface area contributed by atoms with Crippen molar-refractivity contribution in [2.45, 2.75) is 104 Å². The van der Waals surface area contributed by atoms with E-state index in [1.54, 1.807) is 0 Å². The van der Waals surface area contributed by atoms with Crippen LogP contribution in [0.15, 0.2) is 24.3 Å². The minimum atomic E-state index is 0.0352. The molecule has 30 heavy (non-hydrogen) atoms. The monoisotopic (exact) mass is 410 g/mol. The first-order valence-electron chi connectivity index (χ1n) is 13.1. The van der Waals surface area contributed by atoms with Gasteiger partial charge in [-0.2, -0.15) is 0 Å². The van der Waals surface area contributed by atoms with Crippen molar-refractivity contribution in [1.29, 1.82) is 0 Å². The Kier molecular flexibility index (Phi) is 7.71. The first-order chi connectivity index (χ1) is 14.7. The lowest BCUT2D eigenvalue weighted by Crippen LogP contribution is -2.35. The molecule has 0 aliphatic heterocycles. The topological polar surface area (TPSA) is 0 Å². The summed E-state index contributed by atoms with van der Waals surface area (Å²) in [6, 6.07) is 4.09. The lowest BCUT2D eigenvalue weighted by Gasteiger charge is -2.45. The van der Waals surface area contributed by atoms with Gasteiger partial charge < -0.3 is 0 Å². The number of fused-ring (bicyclic) bond motifs is 2. The Morgan fingerprint density at radius 2 is 1.70 bits per heavy atom. The molecule has 1 aromatic carbocycles. The van der Waals surface area contributed by atoms with Crippen molar-refractivity contribution in [3.05, 3.63) is 46.8 Å². The molecule has 2 fully saturated rings. The molecule has 0 spiro atoms. The number of allylic oxidation sites excluding steroid dienone is 2. The number of unbranched alkanes of at least 4 members (excludes halogenated alkanes) is 1. The average Bonchev–Trinajstić information content (AvgIpc) is 2.77. The Labute approximate surface area is 184 Å². The summed E-state index contributed by atoms with van der Waals surface area (Å²) in [6.07, 6.45) is 22.7. The van der Waals surface area contributed by atoms with E-state index in [1.165, 1.54) is 81.8 Å². The molecule has 4 rings (SSSR count). The van der Waals surface area contributed by atoms with Crippen molar-refractivity contribution < 1.29 is 4.39 Å². The van der Waals surface area contributed by atoms with Crippen LogP contribution in [0.2, 0.25) is 0 Å². The molecule has 0 bridgehead atoms. The SMILES string of the molecule is C/C=C/CCc1cc2c(cc1F)CC(C1CCC3CC(CCCC)CCC3C1)CC2. The smallest absolute Gasteiger partial charge is 0.126 e. The van der Waals surface area contributed by atoms with Crippen LogP contribution in [0.1, 0.15) is 101 Å². The molecule has 0 nitrogen and oxygen atoms in total. The highest BCUT2D eigenvalue weighted by molar-refractivity contribution is 5.35. The zero-order valence-corrected chi connectivity index (χ0v) is 19.5. The Morgan fingerprint density at radius 1 is 0.933 bits per heavy atom. The van der Waals surface area contributed by atoms with Gasteiger partial charge in [-0.15, -0.1) is 0 Å². The summed E-state index contributed by atoms with van der Waals surface area (Å²) in [5, 5.41) is 0. The molecule has 0 amide bonds. The highest BCUT2D eigenvalue weighted by atomic mass is 19.1. The fourth-order valence-corrected chi connectivity index (χ4v) is 7.06. The predicted octanol–water partition coefficient (Wildman–Crippen LogP) is 8.46. The van der Waals surface area contributed by atoms with Crippen LogP contribution in [0.25, 0.3) is 0 Å². The number of hydrogen-bond donors (Lipinski definition) is 0. The molecule has 0 N–H and O–H groups in total. The molecule has 5 unspecified atom stereocenters. The summed E-state index contributed by atoms with van der Waals surface area (Å²) in [4.78, 5) is 0. The maximum Gasteiger partial charge on any atom is 0.126 e. The summed E-state index contributed by atoms with van der Waals surface area (Å²) >= 11 is 0. The Balaban J connectivity index is 1.34. The zero-order valence-electron chi connectivity index (χ0n) is 19.5. The van der Waals surface area contributed by atoms with Crippen molar-refractivity contribution in [3.8, 4) is 0 Å². The largest absolute Gasteiger partial charge is 0.207 e. The summed E-state index contributed by atoms with van der Waals surface area (Å²) in [5.74, 6) is 4.76. The van der Waals surface area contributed by atoms with Crippen LogP contribution >= 0.6 is 0 Å². The maximum atomic E-state index is 14.7. The van der Waals surface area contributed by atoms with E-state index < -0.39 is 0 Å². The molecule has 0 radical (unpaired) electrons. The van der Waals surface area contributed by atoms with Crippen LogP contribution in [0.4, 0.5) is 4.39 Å². The molecular formula is C29H43F. The summed E-state index contributed by atoms with van der Waals surface area (Å²) in [6.45, 7) is 4.37. The van der Waals surface area contributed by atoms with E-state index in [0.29, 0.717) is 0 Å². The number of aryl methyl sites for hydroxylation is 2. The van der Waals surface area contributed by atoms with Gasteiger partial charge in [0.15, 0.2) is 0 Å². The molecule has 3 aliphatic rings. The number of rotatable bonds is 7. The van der Waals surface area contributed by atoms with Gasteiger partial charge in [0, 0.05) is 0 Å². The number of benzene rings is 1. The van der Waals surface area contributed by atoms with E-state index in [-0.39, 0.29) is 5.82 Å². The van der Waals surface area contributed by atoms with Crippen LogP contribution in [-0.4, -0.2) is 0 Å². The van der Waals surface area contributed by atoms with Crippen LogP contribution in [0.5, 0.6) is 0 Å². The van der Waals surface area contributed by atoms with Gasteiger partial charge in [-0.3, -0.25) is 0 Å². The second-order valence-corrected chi connectivity index (χ2v) is 10.7. The molecular weight excluding hydrogens is 367 g/mol. The fraction of sp³-hybridized carbons (Fsp3) is 0.724. The molecule has 5 atom stereocenters. The standard InChI is InChI=1S/C29H43F/c1-3-5-7-9-27-18-26-15-14-25(19-28(26)20-29(27)30)24-13-12-22-16-21(8-6-4-2)10-11-23(22)17-24/h3,5,18,20-25H,4,6-17,19H2,1-2H3/b5-3+. The molecule has 1 heteroatoms. The highest BCUT2D eigenvalue weighted by Gasteiger charge is 2.38. The van der Waals surface area contributed by atoms with Crippen LogP contribution < -0.4 is 0 Å². The van der Waals surface area contributed by atoms with Gasteiger partial charge in [-0.25, -0.2) is 4.39 Å². The van der Waals surface area contributed by atoms with Gasteiger partial charge in [-0.1, -0.05) is 50.8 Å². The van der Waals surface area contributed by atoms with Gasteiger partial charge in [0.05, 0.1) is 0 Å². The van der Waals surface area contributed by atoms with Crippen LogP contribution in [0, 0.1) is 35.4 Å². The molecule has 3 aliphatic carbocycles. The van der Waals surface area contributed by atoms with Crippen molar-refractivity contribution in [2.75, 3.05) is 0 Å². The molecule has 1 aromatic rings. The maximum absolute atomic E-state index is 14.7. The third kappa shape index (κ3) is 5.20. The first-order valence-corrected chi connectivity index (χ1v) is 13.1. The number of hydrogen-bond acceptors (Lipinski definition) is 0. The van der Waals surface area contributed by atoms with Crippen molar-refractivity contribution >= 4 is 0 Å². The van der Waals surface area contributed by atoms with Gasteiger partial charge >= 0.3 is 0 Å². The third-order valence-electron chi connectivity index (χ3n) is 8.85. The second kappa shape index (κ2) is 10.5. The average molecular weight is 411 g/mol. The normalized spacial score (nSPS) is 31.5. The first kappa shape index (κ1) is 22.1. The number of halogens is 1. The minimum absolute atomic E-state index is 0.0352. The summed E-state index contributed by atoms with van der Waals surface area (Å²) in [5.41, 5.74) is 3.68. The van der Waals surface area contributed by atoms with Crippen molar-refractivity contribution in [3.63, 3.8) is 0 Å². The molecule has 0 saturated heterocycles. The Hall–Kier alpha value is -1.11. The minimum Gasteiger partial charge on any atom is -0.207 e. The van der Waals surface area contributed by atoms with E-state index in [9.17, 15) is 4.39 Å². The molecule has 0 aromatic heterocycles. The van der Waals surface area contributed by atoms with E-state index >= 15 is 0 Å².